The van der Waals surface area contributed by atoms with Gasteiger partial charge in [0, 0.05) is 11.5 Å². The maximum Gasteiger partial charge on any atom is 0.250 e. The number of ether oxygens (including phenoxy) is 1. The van der Waals surface area contributed by atoms with Gasteiger partial charge in [0.15, 0.2) is 10.3 Å². The van der Waals surface area contributed by atoms with Crippen molar-refractivity contribution < 1.29 is 14.3 Å². The summed E-state index contributed by atoms with van der Waals surface area (Å²) in [5.41, 5.74) is 2.31. The fourth-order valence-electron chi connectivity index (χ4n) is 2.87. The Labute approximate surface area is 192 Å². The number of carbonyl (C=O) groups is 2. The molecule has 0 aliphatic carbocycles. The second kappa shape index (κ2) is 10.2. The number of fused-ring (bicyclic) bond motifs is 1. The lowest BCUT2D eigenvalue weighted by atomic mass is 10.2. The zero-order chi connectivity index (χ0) is 22.3. The number of nitrogens with one attached hydrogen (secondary N) is 2. The number of thiazole rings is 2. The first-order valence-electron chi connectivity index (χ1n) is 9.91. The number of hydrogen-bond donors (Lipinski definition) is 2. The minimum Gasteiger partial charge on any atom is -0.494 e. The van der Waals surface area contributed by atoms with Crippen molar-refractivity contribution in [2.24, 2.45) is 0 Å². The molecule has 32 heavy (non-hydrogen) atoms. The molecule has 9 heteroatoms. The summed E-state index contributed by atoms with van der Waals surface area (Å²) in [6, 6.07) is 15.2. The van der Waals surface area contributed by atoms with E-state index in [-0.39, 0.29) is 18.2 Å². The van der Waals surface area contributed by atoms with Gasteiger partial charge in [0.1, 0.15) is 5.75 Å². The van der Waals surface area contributed by atoms with E-state index in [9.17, 15) is 9.59 Å². The number of hydrogen-bond acceptors (Lipinski definition) is 7. The van der Waals surface area contributed by atoms with Crippen molar-refractivity contribution in [3.05, 3.63) is 71.2 Å². The van der Waals surface area contributed by atoms with Crippen LogP contribution >= 0.6 is 22.7 Å². The van der Waals surface area contributed by atoms with Gasteiger partial charge in [0.25, 0.3) is 0 Å². The SMILES string of the molecule is CCOc1ccc2nc(NC(=O)Cc3csc(NC(=O)/C=C/c4ccccc4)n3)sc2c1. The van der Waals surface area contributed by atoms with Crippen LogP contribution in [-0.2, 0) is 16.0 Å². The van der Waals surface area contributed by atoms with Crippen LogP contribution < -0.4 is 15.4 Å². The fraction of sp³-hybridized carbons (Fsp3) is 0.130. The van der Waals surface area contributed by atoms with Crippen molar-refractivity contribution >= 4 is 61.0 Å². The van der Waals surface area contributed by atoms with Crippen molar-refractivity contribution in [3.8, 4) is 5.75 Å². The molecule has 0 saturated carbocycles. The molecule has 0 saturated heterocycles. The first-order valence-corrected chi connectivity index (χ1v) is 11.6. The Morgan fingerprint density at radius 2 is 1.91 bits per heavy atom. The highest BCUT2D eigenvalue weighted by atomic mass is 32.1. The van der Waals surface area contributed by atoms with Crippen LogP contribution in [0, 0.1) is 0 Å². The number of amides is 2. The third-order valence-electron chi connectivity index (χ3n) is 4.27. The molecule has 0 atom stereocenters. The quantitative estimate of drug-likeness (QED) is 0.359. The van der Waals surface area contributed by atoms with Gasteiger partial charge < -0.3 is 10.1 Å². The standard InChI is InChI=1S/C23H20N4O3S2/c1-2-30-17-9-10-18-19(13-17)32-23(25-18)27-21(29)12-16-14-31-22(24-16)26-20(28)11-8-15-6-4-3-5-7-15/h3-11,13-14H,2,12H2,1H3,(H,24,26,28)(H,25,27,29)/b11-8+. The number of benzene rings is 2. The second-order valence-electron chi connectivity index (χ2n) is 6.68. The van der Waals surface area contributed by atoms with Crippen molar-refractivity contribution in [1.29, 1.82) is 0 Å². The number of aromatic nitrogens is 2. The molecule has 0 bridgehead atoms. The largest absolute Gasteiger partial charge is 0.494 e. The summed E-state index contributed by atoms with van der Waals surface area (Å²) in [7, 11) is 0. The lowest BCUT2D eigenvalue weighted by Crippen LogP contribution is -2.14. The van der Waals surface area contributed by atoms with Gasteiger partial charge in [-0.05, 0) is 36.8 Å². The summed E-state index contributed by atoms with van der Waals surface area (Å²) in [6.45, 7) is 2.52. The Kier molecular flexibility index (Phi) is 6.88. The van der Waals surface area contributed by atoms with Gasteiger partial charge >= 0.3 is 0 Å². The van der Waals surface area contributed by atoms with Crippen LogP contribution in [0.2, 0.25) is 0 Å². The highest BCUT2D eigenvalue weighted by Crippen LogP contribution is 2.29. The lowest BCUT2D eigenvalue weighted by Gasteiger charge is -2.00. The number of anilines is 2. The summed E-state index contributed by atoms with van der Waals surface area (Å²) < 4.78 is 6.44. The highest BCUT2D eigenvalue weighted by Gasteiger charge is 2.12. The molecule has 0 unspecified atom stereocenters. The molecule has 0 aliphatic heterocycles. The maximum absolute atomic E-state index is 12.4. The van der Waals surface area contributed by atoms with Crippen molar-refractivity contribution in [3.63, 3.8) is 0 Å². The fourth-order valence-corrected chi connectivity index (χ4v) is 4.50. The third kappa shape index (κ3) is 5.77. The van der Waals surface area contributed by atoms with Gasteiger partial charge in [-0.3, -0.25) is 14.9 Å². The Bertz CT molecular complexity index is 1260. The molecule has 162 valence electrons. The molecule has 2 aromatic carbocycles. The van der Waals surface area contributed by atoms with Crippen LogP contribution in [0.3, 0.4) is 0 Å². The molecule has 0 aliphatic rings. The van der Waals surface area contributed by atoms with E-state index in [1.165, 1.54) is 28.7 Å². The van der Waals surface area contributed by atoms with E-state index in [0.717, 1.165) is 21.5 Å². The summed E-state index contributed by atoms with van der Waals surface area (Å²) in [4.78, 5) is 33.3. The molecule has 2 amide bonds. The van der Waals surface area contributed by atoms with Gasteiger partial charge in [-0.1, -0.05) is 41.7 Å². The Morgan fingerprint density at radius 3 is 2.72 bits per heavy atom. The average Bonchev–Trinajstić information content (AvgIpc) is 3.38. The second-order valence-corrected chi connectivity index (χ2v) is 8.57. The molecule has 0 fully saturated rings. The molecule has 0 radical (unpaired) electrons. The Hall–Kier alpha value is -3.56. The zero-order valence-corrected chi connectivity index (χ0v) is 18.8. The maximum atomic E-state index is 12.4. The Morgan fingerprint density at radius 1 is 1.06 bits per heavy atom. The van der Waals surface area contributed by atoms with Gasteiger partial charge in [-0.15, -0.1) is 11.3 Å². The van der Waals surface area contributed by atoms with E-state index in [1.807, 2.05) is 55.5 Å². The molecule has 2 N–H and O–H groups in total. The lowest BCUT2D eigenvalue weighted by molar-refractivity contribution is -0.115. The van der Waals surface area contributed by atoms with E-state index < -0.39 is 0 Å². The van der Waals surface area contributed by atoms with Crippen LogP contribution in [0.4, 0.5) is 10.3 Å². The van der Waals surface area contributed by atoms with Crippen LogP contribution in [0.25, 0.3) is 16.3 Å². The molecular weight excluding hydrogens is 444 g/mol. The Balaban J connectivity index is 1.32. The topological polar surface area (TPSA) is 93.2 Å². The van der Waals surface area contributed by atoms with Gasteiger partial charge in [-0.2, -0.15) is 0 Å². The summed E-state index contributed by atoms with van der Waals surface area (Å²) in [5, 5.41) is 8.25. The molecule has 2 aromatic heterocycles. The predicted octanol–water partition coefficient (Wildman–Crippen LogP) is 4.98. The van der Waals surface area contributed by atoms with Crippen molar-refractivity contribution in [1.82, 2.24) is 9.97 Å². The smallest absolute Gasteiger partial charge is 0.250 e. The van der Waals surface area contributed by atoms with Crippen molar-refractivity contribution in [2.75, 3.05) is 17.2 Å². The highest BCUT2D eigenvalue weighted by molar-refractivity contribution is 7.22. The average molecular weight is 465 g/mol. The molecule has 7 nitrogen and oxygen atoms in total. The van der Waals surface area contributed by atoms with Crippen molar-refractivity contribution in [2.45, 2.75) is 13.3 Å². The number of carbonyl (C=O) groups excluding carboxylic acids is 2. The minimum atomic E-state index is -0.278. The first-order chi connectivity index (χ1) is 15.6. The van der Waals surface area contributed by atoms with Gasteiger partial charge in [-0.25, -0.2) is 9.97 Å². The van der Waals surface area contributed by atoms with E-state index in [4.69, 9.17) is 4.74 Å². The van der Waals surface area contributed by atoms with Gasteiger partial charge in [0.05, 0.1) is 28.9 Å². The van der Waals surface area contributed by atoms with Gasteiger partial charge in [0.2, 0.25) is 11.8 Å². The van der Waals surface area contributed by atoms with Crippen LogP contribution in [0.1, 0.15) is 18.2 Å². The molecular formula is C23H20N4O3S2. The third-order valence-corrected chi connectivity index (χ3v) is 6.01. The van der Waals surface area contributed by atoms with E-state index in [0.29, 0.717) is 22.6 Å². The minimum absolute atomic E-state index is 0.0896. The van der Waals surface area contributed by atoms with Crippen LogP contribution in [0.15, 0.2) is 60.0 Å². The van der Waals surface area contributed by atoms with Crippen LogP contribution in [0.5, 0.6) is 5.75 Å². The number of rotatable bonds is 8. The summed E-state index contributed by atoms with van der Waals surface area (Å²) in [6.07, 6.45) is 3.27. The van der Waals surface area contributed by atoms with E-state index >= 15 is 0 Å². The molecule has 0 spiro atoms. The zero-order valence-electron chi connectivity index (χ0n) is 17.2. The van der Waals surface area contributed by atoms with E-state index in [1.54, 1.807) is 11.5 Å². The normalized spacial score (nSPS) is 11.0. The summed E-state index contributed by atoms with van der Waals surface area (Å²) in [5.74, 6) is 0.276. The van der Waals surface area contributed by atoms with E-state index in [2.05, 4.69) is 20.6 Å². The number of nitrogens with zero attached hydrogens (tertiary/aromatic N) is 2. The molecule has 2 heterocycles. The first kappa shape index (κ1) is 21.7. The van der Waals surface area contributed by atoms with Crippen LogP contribution in [-0.4, -0.2) is 28.4 Å². The monoisotopic (exact) mass is 464 g/mol. The predicted molar refractivity (Wildman–Crippen MR) is 129 cm³/mol. The molecule has 4 rings (SSSR count). The molecule has 4 aromatic rings. The summed E-state index contributed by atoms with van der Waals surface area (Å²) >= 11 is 2.66.